The molecule has 3 nitrogen and oxygen atoms in total. The molecule has 1 N–H and O–H groups in total. The first-order valence-corrected chi connectivity index (χ1v) is 8.34. The van der Waals surface area contributed by atoms with Gasteiger partial charge in [0.25, 0.3) is 5.91 Å². The first-order chi connectivity index (χ1) is 10.1. The lowest BCUT2D eigenvalue weighted by Crippen LogP contribution is -2.10. The summed E-state index contributed by atoms with van der Waals surface area (Å²) in [5.41, 5.74) is 2.52. The van der Waals surface area contributed by atoms with Crippen molar-refractivity contribution in [3.8, 4) is 11.3 Å². The summed E-state index contributed by atoms with van der Waals surface area (Å²) in [4.78, 5) is 17.6. The standard InChI is InChI=1S/C15H11ClN2OS2/c1-9-13(10-2-4-12(16)5-3-10)17-15(21-9)18-14(19)11-6-7-20-8-11/h2-8H,1H3,(H,17,18,19). The van der Waals surface area contributed by atoms with Crippen molar-refractivity contribution in [2.24, 2.45) is 0 Å². The second-order valence-corrected chi connectivity index (χ2v) is 6.82. The largest absolute Gasteiger partial charge is 0.298 e. The molecule has 6 heteroatoms. The van der Waals surface area contributed by atoms with Gasteiger partial charge in [0, 0.05) is 20.8 Å². The zero-order chi connectivity index (χ0) is 14.8. The molecule has 0 spiro atoms. The average molecular weight is 335 g/mol. The van der Waals surface area contributed by atoms with Crippen molar-refractivity contribution in [1.82, 2.24) is 4.98 Å². The number of aromatic nitrogens is 1. The number of carbonyl (C=O) groups excluding carboxylic acids is 1. The second-order valence-electron chi connectivity index (χ2n) is 4.40. The number of aryl methyl sites for hydroxylation is 1. The molecule has 3 aromatic rings. The van der Waals surface area contributed by atoms with Crippen LogP contribution in [0.4, 0.5) is 5.13 Å². The maximum Gasteiger partial charge on any atom is 0.258 e. The zero-order valence-electron chi connectivity index (χ0n) is 11.1. The third-order valence-electron chi connectivity index (χ3n) is 2.92. The van der Waals surface area contributed by atoms with Crippen LogP contribution < -0.4 is 5.32 Å². The van der Waals surface area contributed by atoms with E-state index in [-0.39, 0.29) is 5.91 Å². The maximum atomic E-state index is 12.0. The minimum atomic E-state index is -0.132. The van der Waals surface area contributed by atoms with Crippen molar-refractivity contribution in [3.63, 3.8) is 0 Å². The predicted molar refractivity (Wildman–Crippen MR) is 89.6 cm³/mol. The molecule has 21 heavy (non-hydrogen) atoms. The molecule has 0 aliphatic heterocycles. The molecule has 3 rings (SSSR count). The summed E-state index contributed by atoms with van der Waals surface area (Å²) in [6, 6.07) is 9.31. The van der Waals surface area contributed by atoms with Crippen LogP contribution in [0.1, 0.15) is 15.2 Å². The highest BCUT2D eigenvalue weighted by Gasteiger charge is 2.13. The van der Waals surface area contributed by atoms with E-state index in [2.05, 4.69) is 10.3 Å². The monoisotopic (exact) mass is 334 g/mol. The van der Waals surface area contributed by atoms with Crippen molar-refractivity contribution in [3.05, 3.63) is 56.6 Å². The molecule has 2 heterocycles. The summed E-state index contributed by atoms with van der Waals surface area (Å²) in [6.45, 7) is 1.99. The summed E-state index contributed by atoms with van der Waals surface area (Å²) in [5.74, 6) is -0.132. The molecule has 1 aromatic carbocycles. The van der Waals surface area contributed by atoms with Crippen LogP contribution in [0.2, 0.25) is 5.02 Å². The van der Waals surface area contributed by atoms with Gasteiger partial charge in [-0.15, -0.1) is 11.3 Å². The van der Waals surface area contributed by atoms with E-state index >= 15 is 0 Å². The van der Waals surface area contributed by atoms with Gasteiger partial charge >= 0.3 is 0 Å². The normalized spacial score (nSPS) is 10.6. The Hall–Kier alpha value is -1.69. The van der Waals surface area contributed by atoms with E-state index in [4.69, 9.17) is 11.6 Å². The molecule has 0 atom stereocenters. The molecule has 0 saturated carbocycles. The number of hydrogen-bond donors (Lipinski definition) is 1. The van der Waals surface area contributed by atoms with Crippen LogP contribution >= 0.6 is 34.3 Å². The van der Waals surface area contributed by atoms with Gasteiger partial charge in [0.05, 0.1) is 11.3 Å². The van der Waals surface area contributed by atoms with Crippen molar-refractivity contribution in [2.75, 3.05) is 5.32 Å². The number of halogens is 1. The molecule has 0 unspecified atom stereocenters. The summed E-state index contributed by atoms with van der Waals surface area (Å²) in [7, 11) is 0. The Morgan fingerprint density at radius 2 is 2.00 bits per heavy atom. The van der Waals surface area contributed by atoms with Crippen LogP contribution in [-0.4, -0.2) is 10.9 Å². The lowest BCUT2D eigenvalue weighted by atomic mass is 10.1. The fourth-order valence-electron chi connectivity index (χ4n) is 1.89. The number of benzene rings is 1. The number of nitrogens with zero attached hydrogens (tertiary/aromatic N) is 1. The van der Waals surface area contributed by atoms with Crippen molar-refractivity contribution in [1.29, 1.82) is 0 Å². The van der Waals surface area contributed by atoms with Gasteiger partial charge in [-0.05, 0) is 30.5 Å². The summed E-state index contributed by atoms with van der Waals surface area (Å²) in [5, 5.41) is 7.82. The van der Waals surface area contributed by atoms with Crippen LogP contribution in [0.15, 0.2) is 41.1 Å². The smallest absolute Gasteiger partial charge is 0.258 e. The van der Waals surface area contributed by atoms with Gasteiger partial charge < -0.3 is 0 Å². The fourth-order valence-corrected chi connectivity index (χ4v) is 3.48. The van der Waals surface area contributed by atoms with Crippen molar-refractivity contribution < 1.29 is 4.79 Å². The number of thiazole rings is 1. The topological polar surface area (TPSA) is 42.0 Å². The second kappa shape index (κ2) is 5.97. The molecule has 106 valence electrons. The third-order valence-corrected chi connectivity index (χ3v) is 4.74. The zero-order valence-corrected chi connectivity index (χ0v) is 13.5. The fraction of sp³-hybridized carbons (Fsp3) is 0.0667. The van der Waals surface area contributed by atoms with E-state index in [0.717, 1.165) is 16.1 Å². The van der Waals surface area contributed by atoms with Gasteiger partial charge in [-0.25, -0.2) is 4.98 Å². The van der Waals surface area contributed by atoms with Crippen LogP contribution in [0.3, 0.4) is 0 Å². The predicted octanol–water partition coefficient (Wildman–Crippen LogP) is 5.09. The summed E-state index contributed by atoms with van der Waals surface area (Å²) in [6.07, 6.45) is 0. The minimum absolute atomic E-state index is 0.132. The molecular formula is C15H11ClN2OS2. The number of hydrogen-bond acceptors (Lipinski definition) is 4. The van der Waals surface area contributed by atoms with E-state index in [1.54, 1.807) is 6.07 Å². The molecule has 0 aliphatic rings. The Morgan fingerprint density at radius 3 is 2.67 bits per heavy atom. The molecule has 0 bridgehead atoms. The van der Waals surface area contributed by atoms with E-state index in [9.17, 15) is 4.79 Å². The number of amides is 1. The Morgan fingerprint density at radius 1 is 1.24 bits per heavy atom. The highest BCUT2D eigenvalue weighted by molar-refractivity contribution is 7.16. The Labute approximate surface area is 135 Å². The van der Waals surface area contributed by atoms with Crippen LogP contribution in [0.5, 0.6) is 0 Å². The number of anilines is 1. The minimum Gasteiger partial charge on any atom is -0.298 e. The van der Waals surface area contributed by atoms with E-state index in [1.165, 1.54) is 22.7 Å². The Balaban J connectivity index is 1.84. The van der Waals surface area contributed by atoms with E-state index in [0.29, 0.717) is 15.7 Å². The van der Waals surface area contributed by atoms with E-state index in [1.807, 2.05) is 41.9 Å². The van der Waals surface area contributed by atoms with Crippen molar-refractivity contribution in [2.45, 2.75) is 6.92 Å². The number of carbonyl (C=O) groups is 1. The third kappa shape index (κ3) is 3.15. The highest BCUT2D eigenvalue weighted by Crippen LogP contribution is 2.31. The number of thiophene rings is 1. The average Bonchev–Trinajstić information content (AvgIpc) is 3.10. The van der Waals surface area contributed by atoms with Crippen LogP contribution in [-0.2, 0) is 0 Å². The molecule has 0 aliphatic carbocycles. The van der Waals surface area contributed by atoms with Gasteiger partial charge in [0.15, 0.2) is 5.13 Å². The van der Waals surface area contributed by atoms with Crippen molar-refractivity contribution >= 4 is 45.3 Å². The first kappa shape index (κ1) is 14.3. The van der Waals surface area contributed by atoms with Gasteiger partial charge in [-0.1, -0.05) is 23.7 Å². The van der Waals surface area contributed by atoms with Gasteiger partial charge in [-0.2, -0.15) is 11.3 Å². The molecule has 1 amide bonds. The lowest BCUT2D eigenvalue weighted by molar-refractivity contribution is 0.102. The van der Waals surface area contributed by atoms with Gasteiger partial charge in [0.2, 0.25) is 0 Å². The lowest BCUT2D eigenvalue weighted by Gasteiger charge is -1.99. The van der Waals surface area contributed by atoms with Gasteiger partial charge in [0.1, 0.15) is 0 Å². The highest BCUT2D eigenvalue weighted by atomic mass is 35.5. The quantitative estimate of drug-likeness (QED) is 0.725. The van der Waals surface area contributed by atoms with Gasteiger partial charge in [-0.3, -0.25) is 10.1 Å². The molecular weight excluding hydrogens is 324 g/mol. The summed E-state index contributed by atoms with van der Waals surface area (Å²) >= 11 is 8.86. The SMILES string of the molecule is Cc1sc(NC(=O)c2ccsc2)nc1-c1ccc(Cl)cc1. The Kier molecular flexibility index (Phi) is 4.05. The van der Waals surface area contributed by atoms with Crippen LogP contribution in [0.25, 0.3) is 11.3 Å². The summed E-state index contributed by atoms with van der Waals surface area (Å²) < 4.78 is 0. The molecule has 0 fully saturated rings. The molecule has 0 radical (unpaired) electrons. The number of nitrogens with one attached hydrogen (secondary N) is 1. The first-order valence-electron chi connectivity index (χ1n) is 6.20. The van der Waals surface area contributed by atoms with E-state index < -0.39 is 0 Å². The number of rotatable bonds is 3. The molecule has 0 saturated heterocycles. The Bertz CT molecular complexity index is 764. The maximum absolute atomic E-state index is 12.0. The molecule has 2 aromatic heterocycles. The van der Waals surface area contributed by atoms with Crippen LogP contribution in [0, 0.1) is 6.92 Å².